The second-order valence-electron chi connectivity index (χ2n) is 7.43. The molecule has 3 aliphatic rings. The zero-order chi connectivity index (χ0) is 14.4. The molecule has 1 saturated carbocycles. The molecular weight excluding hydrogens is 248 g/mol. The molecule has 2 heteroatoms. The van der Waals surface area contributed by atoms with E-state index in [2.05, 4.69) is 33.4 Å². The molecule has 1 heterocycles. The summed E-state index contributed by atoms with van der Waals surface area (Å²) < 4.78 is 12.1. The molecule has 0 spiro atoms. The summed E-state index contributed by atoms with van der Waals surface area (Å²) in [6, 6.07) is 0. The lowest BCUT2D eigenvalue weighted by molar-refractivity contribution is -0.205. The molecule has 2 nitrogen and oxygen atoms in total. The molecule has 0 aromatic carbocycles. The van der Waals surface area contributed by atoms with Crippen molar-refractivity contribution < 1.29 is 9.47 Å². The van der Waals surface area contributed by atoms with E-state index < -0.39 is 0 Å². The van der Waals surface area contributed by atoms with Crippen molar-refractivity contribution in [1.82, 2.24) is 0 Å². The van der Waals surface area contributed by atoms with Crippen molar-refractivity contribution in [3.8, 4) is 0 Å². The fourth-order valence-corrected chi connectivity index (χ4v) is 4.49. The zero-order valence-electron chi connectivity index (χ0n) is 13.2. The van der Waals surface area contributed by atoms with Crippen molar-refractivity contribution in [2.24, 2.45) is 16.7 Å². The van der Waals surface area contributed by atoms with Gasteiger partial charge in [-0.3, -0.25) is 0 Å². The Bertz CT molecular complexity index is 417. The maximum Gasteiger partial charge on any atom is 0.157 e. The first-order chi connectivity index (χ1) is 9.49. The van der Waals surface area contributed by atoms with Crippen molar-refractivity contribution >= 4 is 0 Å². The monoisotopic (exact) mass is 276 g/mol. The number of fused-ring (bicyclic) bond motifs is 2. The minimum Gasteiger partial charge on any atom is -0.353 e. The third kappa shape index (κ3) is 2.00. The summed E-state index contributed by atoms with van der Waals surface area (Å²) in [7, 11) is 0. The third-order valence-electron chi connectivity index (χ3n) is 6.14. The van der Waals surface area contributed by atoms with E-state index in [-0.39, 0.29) is 17.1 Å². The van der Waals surface area contributed by atoms with E-state index in [1.165, 1.54) is 12.8 Å². The summed E-state index contributed by atoms with van der Waals surface area (Å²) in [5.41, 5.74) is 1.98. The van der Waals surface area contributed by atoms with Gasteiger partial charge in [-0.2, -0.15) is 0 Å². The maximum absolute atomic E-state index is 6.36. The molecule has 2 fully saturated rings. The van der Waals surface area contributed by atoms with Gasteiger partial charge in [0.1, 0.15) is 0 Å². The second-order valence-corrected chi connectivity index (χ2v) is 7.43. The molecule has 20 heavy (non-hydrogen) atoms. The molecule has 1 aliphatic heterocycles. The Morgan fingerprint density at radius 1 is 1.40 bits per heavy atom. The van der Waals surface area contributed by atoms with Crippen molar-refractivity contribution in [2.45, 2.75) is 65.3 Å². The lowest BCUT2D eigenvalue weighted by Crippen LogP contribution is -2.39. The molecule has 0 aromatic rings. The highest BCUT2D eigenvalue weighted by molar-refractivity contribution is 5.34. The lowest BCUT2D eigenvalue weighted by Gasteiger charge is -2.39. The van der Waals surface area contributed by atoms with E-state index in [9.17, 15) is 0 Å². The lowest BCUT2D eigenvalue weighted by atomic mass is 9.69. The molecule has 0 N–H and O–H groups in total. The molecule has 2 aliphatic carbocycles. The second kappa shape index (κ2) is 4.99. The summed E-state index contributed by atoms with van der Waals surface area (Å²) in [5, 5.41) is 0. The highest BCUT2D eigenvalue weighted by Crippen LogP contribution is 2.65. The number of hydrogen-bond acceptors (Lipinski definition) is 2. The molecule has 3 rings (SSSR count). The van der Waals surface area contributed by atoms with E-state index in [4.69, 9.17) is 9.47 Å². The molecule has 112 valence electrons. The number of rotatable bonds is 4. The first kappa shape index (κ1) is 14.3. The van der Waals surface area contributed by atoms with Crippen LogP contribution in [0.1, 0.15) is 52.9 Å². The van der Waals surface area contributed by atoms with Gasteiger partial charge in [-0.05, 0) is 43.4 Å². The van der Waals surface area contributed by atoms with Gasteiger partial charge in [-0.1, -0.05) is 38.5 Å². The van der Waals surface area contributed by atoms with E-state index in [1.54, 1.807) is 5.57 Å². The van der Waals surface area contributed by atoms with Crippen LogP contribution in [0.4, 0.5) is 0 Å². The third-order valence-corrected chi connectivity index (χ3v) is 6.14. The predicted molar refractivity (Wildman–Crippen MR) is 81.4 cm³/mol. The molecule has 0 radical (unpaired) electrons. The topological polar surface area (TPSA) is 18.5 Å². The van der Waals surface area contributed by atoms with Crippen molar-refractivity contribution in [3.63, 3.8) is 0 Å². The van der Waals surface area contributed by atoms with E-state index in [0.717, 1.165) is 25.9 Å². The van der Waals surface area contributed by atoms with Gasteiger partial charge >= 0.3 is 0 Å². The van der Waals surface area contributed by atoms with Crippen LogP contribution in [0.2, 0.25) is 0 Å². The van der Waals surface area contributed by atoms with Crippen LogP contribution in [0, 0.1) is 16.7 Å². The Morgan fingerprint density at radius 2 is 2.20 bits per heavy atom. The van der Waals surface area contributed by atoms with Crippen molar-refractivity contribution in [2.75, 3.05) is 6.61 Å². The SMILES string of the molecule is C=CCC1=C[C@]2(C)[C@H](OC3CCCCO3)C[C@H]1C2(C)C. The summed E-state index contributed by atoms with van der Waals surface area (Å²) in [6.07, 6.45) is 10.5. The Labute approximate surface area is 123 Å². The Hall–Kier alpha value is -0.600. The fourth-order valence-electron chi connectivity index (χ4n) is 4.49. The quantitative estimate of drug-likeness (QED) is 0.705. The van der Waals surface area contributed by atoms with Gasteiger partial charge in [-0.15, -0.1) is 6.58 Å². The van der Waals surface area contributed by atoms with Gasteiger partial charge in [0.2, 0.25) is 0 Å². The highest BCUT2D eigenvalue weighted by Gasteiger charge is 2.62. The summed E-state index contributed by atoms with van der Waals surface area (Å²) >= 11 is 0. The standard InChI is InChI=1S/C18H28O2/c1-5-8-13-12-18(4)15(11-14(13)17(18,2)3)20-16-9-6-7-10-19-16/h5,12,14-16H,1,6-11H2,2-4H3/t14-,15-,16?,18-/m1/s1. The Kier molecular flexibility index (Phi) is 3.58. The predicted octanol–water partition coefficient (Wildman–Crippen LogP) is 4.47. The zero-order valence-corrected chi connectivity index (χ0v) is 13.2. The van der Waals surface area contributed by atoms with Gasteiger partial charge in [0.15, 0.2) is 6.29 Å². The smallest absolute Gasteiger partial charge is 0.157 e. The van der Waals surface area contributed by atoms with Crippen LogP contribution >= 0.6 is 0 Å². The fraction of sp³-hybridized carbons (Fsp3) is 0.778. The van der Waals surface area contributed by atoms with Crippen molar-refractivity contribution in [3.05, 3.63) is 24.3 Å². The average Bonchev–Trinajstić information content (AvgIpc) is 2.71. The number of hydrogen-bond donors (Lipinski definition) is 0. The first-order valence-corrected chi connectivity index (χ1v) is 8.08. The first-order valence-electron chi connectivity index (χ1n) is 8.08. The summed E-state index contributed by atoms with van der Waals surface area (Å²) in [6.45, 7) is 11.9. The molecule has 0 aromatic heterocycles. The van der Waals surface area contributed by atoms with Crippen molar-refractivity contribution in [1.29, 1.82) is 0 Å². The van der Waals surface area contributed by atoms with Gasteiger partial charge in [0.25, 0.3) is 0 Å². The maximum atomic E-state index is 6.36. The Morgan fingerprint density at radius 3 is 2.75 bits per heavy atom. The van der Waals surface area contributed by atoms with Crippen LogP contribution in [0.15, 0.2) is 24.3 Å². The van der Waals surface area contributed by atoms with E-state index in [1.807, 2.05) is 6.08 Å². The molecule has 2 bridgehead atoms. The summed E-state index contributed by atoms with van der Waals surface area (Å²) in [5.74, 6) is 0.638. The van der Waals surface area contributed by atoms with Crippen LogP contribution < -0.4 is 0 Å². The molecule has 0 amide bonds. The normalized spacial score (nSPS) is 42.5. The van der Waals surface area contributed by atoms with E-state index in [0.29, 0.717) is 12.0 Å². The molecule has 1 saturated heterocycles. The highest BCUT2D eigenvalue weighted by atomic mass is 16.7. The minimum absolute atomic E-state index is 0.0250. The van der Waals surface area contributed by atoms with E-state index >= 15 is 0 Å². The van der Waals surface area contributed by atoms with Crippen LogP contribution in [-0.2, 0) is 9.47 Å². The molecular formula is C18H28O2. The largest absolute Gasteiger partial charge is 0.353 e. The van der Waals surface area contributed by atoms with Crippen LogP contribution in [0.5, 0.6) is 0 Å². The van der Waals surface area contributed by atoms with Gasteiger partial charge < -0.3 is 9.47 Å². The summed E-state index contributed by atoms with van der Waals surface area (Å²) in [4.78, 5) is 0. The molecule has 1 unspecified atom stereocenters. The number of ether oxygens (including phenoxy) is 2. The van der Waals surface area contributed by atoms with Gasteiger partial charge in [0, 0.05) is 12.0 Å². The van der Waals surface area contributed by atoms with Crippen LogP contribution in [-0.4, -0.2) is 19.0 Å². The molecule has 4 atom stereocenters. The van der Waals surface area contributed by atoms with Gasteiger partial charge in [-0.25, -0.2) is 0 Å². The van der Waals surface area contributed by atoms with Crippen LogP contribution in [0.25, 0.3) is 0 Å². The van der Waals surface area contributed by atoms with Gasteiger partial charge in [0.05, 0.1) is 6.10 Å². The minimum atomic E-state index is 0.0250. The van der Waals surface area contributed by atoms with Crippen LogP contribution in [0.3, 0.4) is 0 Å². The number of allylic oxidation sites excluding steroid dienone is 2. The Balaban J connectivity index is 1.77. The average molecular weight is 276 g/mol.